The molecule has 1 fully saturated rings. The molecule has 0 bridgehead atoms. The first-order valence-electron chi connectivity index (χ1n) is 9.37. The van der Waals surface area contributed by atoms with Crippen LogP contribution in [0.5, 0.6) is 0 Å². The normalized spacial score (nSPS) is 23.3. The summed E-state index contributed by atoms with van der Waals surface area (Å²) in [5.41, 5.74) is 0.169. The summed E-state index contributed by atoms with van der Waals surface area (Å²) < 4.78 is 89.7. The van der Waals surface area contributed by atoms with Crippen LogP contribution in [0.1, 0.15) is 31.4 Å². The van der Waals surface area contributed by atoms with Crippen molar-refractivity contribution in [3.63, 3.8) is 0 Å². The van der Waals surface area contributed by atoms with Crippen molar-refractivity contribution in [2.24, 2.45) is 0 Å². The lowest BCUT2D eigenvalue weighted by molar-refractivity contribution is -0.145. The van der Waals surface area contributed by atoms with E-state index in [9.17, 15) is 30.8 Å². The molecule has 1 N–H and O–H groups in total. The van der Waals surface area contributed by atoms with Crippen LogP contribution in [0.25, 0.3) is 11.5 Å². The zero-order valence-electron chi connectivity index (χ0n) is 16.5. The Labute approximate surface area is 179 Å². The minimum Gasteiger partial charge on any atom is -0.415 e. The highest BCUT2D eigenvalue weighted by Gasteiger charge is 2.46. The summed E-state index contributed by atoms with van der Waals surface area (Å²) in [4.78, 5) is 15.6. The molecule has 4 rings (SSSR count). The van der Waals surface area contributed by atoms with Crippen molar-refractivity contribution in [2.45, 2.75) is 49.2 Å². The number of pyridine rings is 1. The zero-order chi connectivity index (χ0) is 23.3. The SMILES string of the molecule is CC(F)(F)C(=O)N[C@@H]1CCOC[C@H]1N1Cc2ncc(-c3nnc(C(F)F)o3)cc2S1(=O)=O. The van der Waals surface area contributed by atoms with Gasteiger partial charge in [0.05, 0.1) is 36.5 Å². The molecule has 0 aromatic carbocycles. The molecule has 174 valence electrons. The Morgan fingerprint density at radius 1 is 1.34 bits per heavy atom. The summed E-state index contributed by atoms with van der Waals surface area (Å²) in [5.74, 6) is -6.40. The quantitative estimate of drug-likeness (QED) is 0.640. The van der Waals surface area contributed by atoms with E-state index in [0.717, 1.165) is 10.4 Å². The van der Waals surface area contributed by atoms with Gasteiger partial charge in [0.25, 0.3) is 11.8 Å². The number of alkyl halides is 4. The zero-order valence-corrected chi connectivity index (χ0v) is 17.3. The van der Waals surface area contributed by atoms with Crippen LogP contribution in [0, 0.1) is 0 Å². The van der Waals surface area contributed by atoms with Crippen LogP contribution in [0.3, 0.4) is 0 Å². The van der Waals surface area contributed by atoms with Gasteiger partial charge in [0.15, 0.2) is 0 Å². The lowest BCUT2D eigenvalue weighted by atomic mass is 10.0. The minimum absolute atomic E-state index is 0.0175. The number of sulfonamides is 1. The third kappa shape index (κ3) is 4.06. The van der Waals surface area contributed by atoms with E-state index in [-0.39, 0.29) is 48.2 Å². The molecule has 0 spiro atoms. The number of nitrogens with one attached hydrogen (secondary N) is 1. The topological polar surface area (TPSA) is 128 Å². The maximum Gasteiger partial charge on any atom is 0.321 e. The fourth-order valence-electron chi connectivity index (χ4n) is 3.50. The number of nitrogens with zero attached hydrogens (tertiary/aromatic N) is 4. The van der Waals surface area contributed by atoms with Gasteiger partial charge in [0, 0.05) is 19.7 Å². The number of halogens is 4. The Balaban J connectivity index is 1.62. The van der Waals surface area contributed by atoms with Crippen molar-refractivity contribution < 1.29 is 39.9 Å². The van der Waals surface area contributed by atoms with E-state index in [2.05, 4.69) is 20.5 Å². The van der Waals surface area contributed by atoms with Gasteiger partial charge < -0.3 is 14.5 Å². The fraction of sp³-hybridized carbons (Fsp3) is 0.529. The third-order valence-corrected chi connectivity index (χ3v) is 7.03. The second-order valence-electron chi connectivity index (χ2n) is 7.36. The van der Waals surface area contributed by atoms with Crippen LogP contribution in [-0.4, -0.2) is 65.0 Å². The molecule has 1 saturated heterocycles. The van der Waals surface area contributed by atoms with Gasteiger partial charge in [-0.15, -0.1) is 10.2 Å². The number of hydrogen-bond acceptors (Lipinski definition) is 8. The van der Waals surface area contributed by atoms with E-state index < -0.39 is 46.3 Å². The van der Waals surface area contributed by atoms with Gasteiger partial charge in [-0.05, 0) is 12.5 Å². The van der Waals surface area contributed by atoms with Crippen LogP contribution in [0.4, 0.5) is 17.6 Å². The molecular weight excluding hydrogens is 462 g/mol. The number of rotatable bonds is 5. The van der Waals surface area contributed by atoms with Gasteiger partial charge in [0.1, 0.15) is 4.90 Å². The molecule has 2 aromatic rings. The second-order valence-corrected chi connectivity index (χ2v) is 9.22. The Hall–Kier alpha value is -2.65. The van der Waals surface area contributed by atoms with Crippen molar-refractivity contribution in [1.29, 1.82) is 0 Å². The van der Waals surface area contributed by atoms with Gasteiger partial charge in [-0.1, -0.05) is 0 Å². The highest BCUT2D eigenvalue weighted by atomic mass is 32.2. The van der Waals surface area contributed by atoms with Crippen LogP contribution in [0.2, 0.25) is 0 Å². The van der Waals surface area contributed by atoms with E-state index in [1.54, 1.807) is 0 Å². The highest BCUT2D eigenvalue weighted by molar-refractivity contribution is 7.89. The molecule has 2 aliphatic rings. The molecule has 0 unspecified atom stereocenters. The van der Waals surface area contributed by atoms with Crippen molar-refractivity contribution >= 4 is 15.9 Å². The van der Waals surface area contributed by atoms with Gasteiger partial charge in [-0.25, -0.2) is 8.42 Å². The van der Waals surface area contributed by atoms with Crippen molar-refractivity contribution in [3.05, 3.63) is 23.8 Å². The molecule has 0 saturated carbocycles. The average molecular weight is 479 g/mol. The molecule has 2 aromatic heterocycles. The second kappa shape index (κ2) is 8.04. The summed E-state index contributed by atoms with van der Waals surface area (Å²) in [6.07, 6.45) is -1.66. The number of amides is 1. The molecule has 0 radical (unpaired) electrons. The number of fused-ring (bicyclic) bond motifs is 1. The van der Waals surface area contributed by atoms with Crippen LogP contribution < -0.4 is 5.32 Å². The predicted octanol–water partition coefficient (Wildman–Crippen LogP) is 1.50. The highest BCUT2D eigenvalue weighted by Crippen LogP contribution is 2.35. The lowest BCUT2D eigenvalue weighted by Crippen LogP contribution is -2.58. The molecule has 1 amide bonds. The maximum atomic E-state index is 13.3. The van der Waals surface area contributed by atoms with Crippen molar-refractivity contribution in [3.8, 4) is 11.5 Å². The number of carbonyl (C=O) groups excluding carboxylic acids is 1. The van der Waals surface area contributed by atoms with Crippen LogP contribution in [-0.2, 0) is 26.1 Å². The molecule has 0 aliphatic carbocycles. The first-order chi connectivity index (χ1) is 15.0. The van der Waals surface area contributed by atoms with E-state index in [4.69, 9.17) is 9.15 Å². The number of ether oxygens (including phenoxy) is 1. The van der Waals surface area contributed by atoms with Gasteiger partial charge >= 0.3 is 12.3 Å². The molecule has 15 heteroatoms. The van der Waals surface area contributed by atoms with E-state index in [0.29, 0.717) is 6.92 Å². The Kier molecular flexibility index (Phi) is 5.67. The molecule has 4 heterocycles. The Morgan fingerprint density at radius 3 is 2.75 bits per heavy atom. The van der Waals surface area contributed by atoms with Crippen molar-refractivity contribution in [1.82, 2.24) is 24.8 Å². The summed E-state index contributed by atoms with van der Waals surface area (Å²) in [7, 11) is -4.18. The van der Waals surface area contributed by atoms with Gasteiger partial charge in [-0.3, -0.25) is 9.78 Å². The number of aromatic nitrogens is 3. The standard InChI is InChI=1S/C17H17F4N5O5S/c1-17(20,21)16(27)23-9-2-3-30-7-11(9)26-6-10-12(32(26,28)29)4-8(5-22-10)14-24-25-15(31-14)13(18)19/h4-5,9,11,13H,2-3,6-7H2,1H3,(H,23,27)/t9-,11-/m1/s1. The summed E-state index contributed by atoms with van der Waals surface area (Å²) in [6, 6.07) is -0.695. The molecule has 10 nitrogen and oxygen atoms in total. The van der Waals surface area contributed by atoms with E-state index >= 15 is 0 Å². The summed E-state index contributed by atoms with van der Waals surface area (Å²) in [5, 5.41) is 8.87. The lowest BCUT2D eigenvalue weighted by Gasteiger charge is -2.37. The monoisotopic (exact) mass is 479 g/mol. The van der Waals surface area contributed by atoms with Crippen LogP contribution >= 0.6 is 0 Å². The largest absolute Gasteiger partial charge is 0.415 e. The first-order valence-corrected chi connectivity index (χ1v) is 10.8. The summed E-state index contributed by atoms with van der Waals surface area (Å²) >= 11 is 0. The third-order valence-electron chi connectivity index (χ3n) is 5.11. The Morgan fingerprint density at radius 2 is 2.09 bits per heavy atom. The molecule has 2 atom stereocenters. The van der Waals surface area contributed by atoms with E-state index in [1.165, 1.54) is 6.20 Å². The molecule has 32 heavy (non-hydrogen) atoms. The average Bonchev–Trinajstić information content (AvgIpc) is 3.31. The van der Waals surface area contributed by atoms with Crippen LogP contribution in [0.15, 0.2) is 21.6 Å². The van der Waals surface area contributed by atoms with E-state index in [1.807, 2.05) is 0 Å². The molecule has 2 aliphatic heterocycles. The smallest absolute Gasteiger partial charge is 0.321 e. The predicted molar refractivity (Wildman–Crippen MR) is 97.0 cm³/mol. The number of carbonyl (C=O) groups is 1. The van der Waals surface area contributed by atoms with Gasteiger partial charge in [0.2, 0.25) is 15.9 Å². The Bertz CT molecular complexity index is 1140. The first kappa shape index (κ1) is 22.5. The van der Waals surface area contributed by atoms with Gasteiger partial charge in [-0.2, -0.15) is 21.9 Å². The molecular formula is C17H17F4N5O5S. The number of hydrogen-bond donors (Lipinski definition) is 1. The van der Waals surface area contributed by atoms with Crippen molar-refractivity contribution in [2.75, 3.05) is 13.2 Å². The fourth-order valence-corrected chi connectivity index (χ4v) is 5.30. The minimum atomic E-state index is -4.18. The maximum absolute atomic E-state index is 13.3. The summed E-state index contributed by atoms with van der Waals surface area (Å²) in [6.45, 7) is 0.292.